The lowest BCUT2D eigenvalue weighted by molar-refractivity contribution is 0.0695. The molecule has 1 amide bonds. The third kappa shape index (κ3) is 3.87. The summed E-state index contributed by atoms with van der Waals surface area (Å²) in [6.07, 6.45) is 1.80. The third-order valence-electron chi connectivity index (χ3n) is 4.92. The van der Waals surface area contributed by atoms with E-state index < -0.39 is 0 Å². The normalized spacial score (nSPS) is 16.8. The highest BCUT2D eigenvalue weighted by atomic mass is 35.5. The molecule has 28 heavy (non-hydrogen) atoms. The Labute approximate surface area is 168 Å². The lowest BCUT2D eigenvalue weighted by atomic mass is 9.97. The average molecular weight is 398 g/mol. The average Bonchev–Trinajstić information content (AvgIpc) is 3.24. The summed E-state index contributed by atoms with van der Waals surface area (Å²) in [5.74, 6) is 1.84. The van der Waals surface area contributed by atoms with Crippen LogP contribution in [0.2, 0.25) is 5.02 Å². The fourth-order valence-corrected chi connectivity index (χ4v) is 3.54. The Morgan fingerprint density at radius 1 is 1.25 bits per heavy atom. The number of piperidine rings is 1. The molecule has 0 bridgehead atoms. The van der Waals surface area contributed by atoms with Crippen LogP contribution in [-0.4, -0.2) is 41.1 Å². The number of halogens is 1. The molecule has 144 valence electrons. The Morgan fingerprint density at radius 2 is 2.07 bits per heavy atom. The summed E-state index contributed by atoms with van der Waals surface area (Å²) < 4.78 is 10.8. The second-order valence-electron chi connectivity index (χ2n) is 6.79. The molecular formula is C21H20ClN3O3. The zero-order chi connectivity index (χ0) is 19.5. The minimum atomic E-state index is -0.00565. The first-order valence-corrected chi connectivity index (χ1v) is 9.54. The summed E-state index contributed by atoms with van der Waals surface area (Å²) in [5, 5.41) is 4.73. The van der Waals surface area contributed by atoms with Gasteiger partial charge in [0.05, 0.1) is 13.0 Å². The number of benzene rings is 2. The maximum absolute atomic E-state index is 12.8. The van der Waals surface area contributed by atoms with E-state index in [1.54, 1.807) is 31.4 Å². The van der Waals surface area contributed by atoms with Crippen LogP contribution >= 0.6 is 11.6 Å². The van der Waals surface area contributed by atoms with Crippen molar-refractivity contribution in [1.29, 1.82) is 0 Å². The number of aromatic nitrogens is 2. The molecule has 2 aromatic carbocycles. The maximum atomic E-state index is 12.8. The number of carbonyl (C=O) groups is 1. The number of hydrogen-bond acceptors (Lipinski definition) is 5. The lowest BCUT2D eigenvalue weighted by Gasteiger charge is -2.31. The standard InChI is InChI=1S/C21H20ClN3O3/c1-27-18-6-2-4-15(12-18)19-23-20(28-24-19)16-5-3-11-25(13-16)21(26)14-7-9-17(22)10-8-14/h2,4,6-10,12,16H,3,5,11,13H2,1H3/t16-/m1/s1. The van der Waals surface area contributed by atoms with E-state index in [9.17, 15) is 4.79 Å². The predicted octanol–water partition coefficient (Wildman–Crippen LogP) is 4.42. The van der Waals surface area contributed by atoms with E-state index in [4.69, 9.17) is 20.9 Å². The van der Waals surface area contributed by atoms with Crippen LogP contribution in [0.15, 0.2) is 53.1 Å². The van der Waals surface area contributed by atoms with E-state index >= 15 is 0 Å². The minimum absolute atomic E-state index is 0.00565. The second kappa shape index (κ2) is 8.02. The lowest BCUT2D eigenvalue weighted by Crippen LogP contribution is -2.39. The number of methoxy groups -OCH3 is 1. The van der Waals surface area contributed by atoms with Gasteiger partial charge < -0.3 is 14.2 Å². The molecule has 1 aliphatic heterocycles. The summed E-state index contributed by atoms with van der Waals surface area (Å²) in [5.41, 5.74) is 1.46. The summed E-state index contributed by atoms with van der Waals surface area (Å²) in [6.45, 7) is 1.27. The first-order chi connectivity index (χ1) is 13.6. The third-order valence-corrected chi connectivity index (χ3v) is 5.17. The van der Waals surface area contributed by atoms with Crippen LogP contribution in [0.1, 0.15) is 35.0 Å². The molecule has 1 fully saturated rings. The van der Waals surface area contributed by atoms with Gasteiger partial charge in [-0.1, -0.05) is 28.9 Å². The van der Waals surface area contributed by atoms with Crippen molar-refractivity contribution in [3.8, 4) is 17.1 Å². The highest BCUT2D eigenvalue weighted by Crippen LogP contribution is 2.29. The molecule has 1 aliphatic rings. The molecule has 1 aromatic heterocycles. The van der Waals surface area contributed by atoms with Gasteiger partial charge in [-0.2, -0.15) is 4.98 Å². The molecule has 3 aromatic rings. The number of likely N-dealkylation sites (tertiary alicyclic amines) is 1. The highest BCUT2D eigenvalue weighted by Gasteiger charge is 2.29. The molecule has 0 radical (unpaired) electrons. The van der Waals surface area contributed by atoms with Gasteiger partial charge in [-0.3, -0.25) is 4.79 Å². The summed E-state index contributed by atoms with van der Waals surface area (Å²) in [4.78, 5) is 19.2. The summed E-state index contributed by atoms with van der Waals surface area (Å²) in [7, 11) is 1.62. The number of nitrogens with zero attached hydrogens (tertiary/aromatic N) is 3. The van der Waals surface area contributed by atoms with E-state index in [1.165, 1.54) is 0 Å². The van der Waals surface area contributed by atoms with Crippen molar-refractivity contribution >= 4 is 17.5 Å². The zero-order valence-electron chi connectivity index (χ0n) is 15.5. The van der Waals surface area contributed by atoms with Gasteiger partial charge in [0.15, 0.2) is 0 Å². The van der Waals surface area contributed by atoms with Crippen LogP contribution in [0.25, 0.3) is 11.4 Å². The predicted molar refractivity (Wildman–Crippen MR) is 106 cm³/mol. The van der Waals surface area contributed by atoms with Gasteiger partial charge in [0.25, 0.3) is 5.91 Å². The first kappa shape index (κ1) is 18.5. The fraction of sp³-hybridized carbons (Fsp3) is 0.286. The monoisotopic (exact) mass is 397 g/mol. The SMILES string of the molecule is COc1cccc(-c2noc([C@@H]3CCCN(C(=O)c4ccc(Cl)cc4)C3)n2)c1. The topological polar surface area (TPSA) is 68.5 Å². The minimum Gasteiger partial charge on any atom is -0.497 e. The van der Waals surface area contributed by atoms with Gasteiger partial charge >= 0.3 is 0 Å². The number of ether oxygens (including phenoxy) is 1. The molecule has 0 aliphatic carbocycles. The number of rotatable bonds is 4. The van der Waals surface area contributed by atoms with Crippen molar-refractivity contribution in [2.24, 2.45) is 0 Å². The van der Waals surface area contributed by atoms with Crippen LogP contribution in [-0.2, 0) is 0 Å². The van der Waals surface area contributed by atoms with E-state index in [-0.39, 0.29) is 11.8 Å². The molecule has 0 saturated carbocycles. The molecule has 0 N–H and O–H groups in total. The Kier molecular flexibility index (Phi) is 5.30. The van der Waals surface area contributed by atoms with E-state index in [1.807, 2.05) is 29.2 Å². The van der Waals surface area contributed by atoms with Crippen LogP contribution in [0.3, 0.4) is 0 Å². The molecule has 0 spiro atoms. The fourth-order valence-electron chi connectivity index (χ4n) is 3.42. The number of carbonyl (C=O) groups excluding carboxylic acids is 1. The van der Waals surface area contributed by atoms with Gasteiger partial charge in [-0.25, -0.2) is 0 Å². The Hall–Kier alpha value is -2.86. The van der Waals surface area contributed by atoms with Crippen molar-refractivity contribution in [2.75, 3.05) is 20.2 Å². The summed E-state index contributed by atoms with van der Waals surface area (Å²) >= 11 is 5.92. The van der Waals surface area contributed by atoms with E-state index in [0.717, 1.165) is 30.7 Å². The number of amides is 1. The number of hydrogen-bond donors (Lipinski definition) is 0. The molecule has 6 nitrogen and oxygen atoms in total. The molecule has 1 atom stereocenters. The van der Waals surface area contributed by atoms with Crippen molar-refractivity contribution in [1.82, 2.24) is 15.0 Å². The van der Waals surface area contributed by atoms with Crippen LogP contribution < -0.4 is 4.74 Å². The quantitative estimate of drug-likeness (QED) is 0.651. The van der Waals surface area contributed by atoms with Crippen molar-refractivity contribution in [3.05, 3.63) is 65.0 Å². The largest absolute Gasteiger partial charge is 0.497 e. The second-order valence-corrected chi connectivity index (χ2v) is 7.22. The Morgan fingerprint density at radius 3 is 2.86 bits per heavy atom. The Balaban J connectivity index is 1.49. The molecule has 4 rings (SSSR count). The van der Waals surface area contributed by atoms with Crippen molar-refractivity contribution < 1.29 is 14.1 Å². The summed E-state index contributed by atoms with van der Waals surface area (Å²) in [6, 6.07) is 14.5. The highest BCUT2D eigenvalue weighted by molar-refractivity contribution is 6.30. The van der Waals surface area contributed by atoms with Gasteiger partial charge in [0.1, 0.15) is 5.75 Å². The molecule has 2 heterocycles. The van der Waals surface area contributed by atoms with E-state index in [0.29, 0.717) is 28.8 Å². The van der Waals surface area contributed by atoms with Crippen LogP contribution in [0, 0.1) is 0 Å². The first-order valence-electron chi connectivity index (χ1n) is 9.17. The smallest absolute Gasteiger partial charge is 0.253 e. The van der Waals surface area contributed by atoms with Gasteiger partial charge in [0, 0.05) is 29.2 Å². The van der Waals surface area contributed by atoms with Crippen LogP contribution in [0.5, 0.6) is 5.75 Å². The molecule has 7 heteroatoms. The maximum Gasteiger partial charge on any atom is 0.253 e. The van der Waals surface area contributed by atoms with Crippen molar-refractivity contribution in [3.63, 3.8) is 0 Å². The molecule has 1 saturated heterocycles. The zero-order valence-corrected chi connectivity index (χ0v) is 16.2. The Bertz CT molecular complexity index is 971. The molecular weight excluding hydrogens is 378 g/mol. The van der Waals surface area contributed by atoms with Gasteiger partial charge in [0.2, 0.25) is 11.7 Å². The van der Waals surface area contributed by atoms with Crippen LogP contribution in [0.4, 0.5) is 0 Å². The molecule has 0 unspecified atom stereocenters. The van der Waals surface area contributed by atoms with Crippen molar-refractivity contribution in [2.45, 2.75) is 18.8 Å². The van der Waals surface area contributed by atoms with Gasteiger partial charge in [-0.05, 0) is 49.2 Å². The van der Waals surface area contributed by atoms with Gasteiger partial charge in [-0.15, -0.1) is 0 Å². The van der Waals surface area contributed by atoms with E-state index in [2.05, 4.69) is 10.1 Å².